The lowest BCUT2D eigenvalue weighted by Crippen LogP contribution is -2.17. The van der Waals surface area contributed by atoms with Gasteiger partial charge in [0.25, 0.3) is 0 Å². The molecule has 4 nitrogen and oxygen atoms in total. The molecule has 0 aliphatic heterocycles. The Morgan fingerprint density at radius 2 is 1.92 bits per heavy atom. The van der Waals surface area contributed by atoms with Crippen molar-refractivity contribution in [3.8, 4) is 11.5 Å². The van der Waals surface area contributed by atoms with Crippen LogP contribution < -0.4 is 14.8 Å². The summed E-state index contributed by atoms with van der Waals surface area (Å²) in [4.78, 5) is 0. The van der Waals surface area contributed by atoms with Gasteiger partial charge in [-0.25, -0.2) is 4.39 Å². The highest BCUT2D eigenvalue weighted by atomic mass is 35.5. The Kier molecular flexibility index (Phi) is 9.15. The van der Waals surface area contributed by atoms with Crippen molar-refractivity contribution in [2.75, 3.05) is 26.9 Å². The van der Waals surface area contributed by atoms with Crippen molar-refractivity contribution in [1.82, 2.24) is 5.32 Å². The van der Waals surface area contributed by atoms with Crippen molar-refractivity contribution < 1.29 is 19.0 Å². The van der Waals surface area contributed by atoms with Crippen LogP contribution in [-0.4, -0.2) is 32.0 Å². The fourth-order valence-electron chi connectivity index (χ4n) is 2.25. The maximum atomic E-state index is 13.5. The number of methoxy groups -OCH3 is 1. The van der Waals surface area contributed by atoms with E-state index in [1.54, 1.807) is 19.2 Å². The molecule has 0 saturated carbocycles. The summed E-state index contributed by atoms with van der Waals surface area (Å²) in [5.74, 6) is 1.07. The zero-order chi connectivity index (χ0) is 16.5. The van der Waals surface area contributed by atoms with Crippen LogP contribution in [0.3, 0.4) is 0 Å². The first-order chi connectivity index (χ1) is 11.2. The molecule has 0 radical (unpaired) electrons. The maximum absolute atomic E-state index is 13.5. The summed E-state index contributed by atoms with van der Waals surface area (Å²) in [7, 11) is 1.58. The highest BCUT2D eigenvalue weighted by Gasteiger charge is 2.06. The molecule has 2 aromatic carbocycles. The number of hydrogen-bond acceptors (Lipinski definition) is 4. The minimum atomic E-state index is -0.165. The van der Waals surface area contributed by atoms with Gasteiger partial charge in [0, 0.05) is 6.54 Å². The average molecular weight is 356 g/mol. The highest BCUT2D eigenvalue weighted by Crippen LogP contribution is 2.27. The van der Waals surface area contributed by atoms with Crippen LogP contribution >= 0.6 is 12.4 Å². The molecule has 24 heavy (non-hydrogen) atoms. The zero-order valence-corrected chi connectivity index (χ0v) is 14.4. The third-order valence-corrected chi connectivity index (χ3v) is 3.43. The second-order valence-electron chi connectivity index (χ2n) is 5.08. The normalized spacial score (nSPS) is 10.1. The molecule has 6 heteroatoms. The van der Waals surface area contributed by atoms with Crippen LogP contribution in [0.5, 0.6) is 11.5 Å². The van der Waals surface area contributed by atoms with E-state index >= 15 is 0 Å². The lowest BCUT2D eigenvalue weighted by atomic mass is 10.1. The number of hydrogen-bond donors (Lipinski definition) is 2. The quantitative estimate of drug-likeness (QED) is 0.679. The molecule has 0 fully saturated rings. The van der Waals surface area contributed by atoms with Gasteiger partial charge in [-0.05, 0) is 42.3 Å². The first-order valence-electron chi connectivity index (χ1n) is 7.59. The van der Waals surface area contributed by atoms with E-state index in [2.05, 4.69) is 5.32 Å². The Morgan fingerprint density at radius 1 is 1.12 bits per heavy atom. The van der Waals surface area contributed by atoms with Crippen LogP contribution in [0.1, 0.15) is 11.1 Å². The van der Waals surface area contributed by atoms with E-state index in [1.165, 1.54) is 6.07 Å². The van der Waals surface area contributed by atoms with Crippen molar-refractivity contribution in [2.45, 2.75) is 13.0 Å². The van der Waals surface area contributed by atoms with Crippen LogP contribution in [0.4, 0.5) is 4.39 Å². The Bertz CT molecular complexity index is 625. The summed E-state index contributed by atoms with van der Waals surface area (Å²) in [6.45, 7) is 1.54. The molecule has 0 atom stereocenters. The number of rotatable bonds is 9. The van der Waals surface area contributed by atoms with E-state index < -0.39 is 0 Å². The molecule has 0 spiro atoms. The van der Waals surface area contributed by atoms with Crippen molar-refractivity contribution >= 4 is 12.4 Å². The summed E-state index contributed by atoms with van der Waals surface area (Å²) in [5.41, 5.74) is 1.76. The van der Waals surface area contributed by atoms with Gasteiger partial charge in [-0.1, -0.05) is 24.3 Å². The van der Waals surface area contributed by atoms with E-state index in [1.807, 2.05) is 24.3 Å². The zero-order valence-electron chi connectivity index (χ0n) is 13.6. The van der Waals surface area contributed by atoms with Gasteiger partial charge in [0.05, 0.1) is 13.7 Å². The van der Waals surface area contributed by atoms with Crippen LogP contribution in [0, 0.1) is 5.82 Å². The van der Waals surface area contributed by atoms with Crippen LogP contribution in [-0.2, 0) is 13.0 Å². The van der Waals surface area contributed by atoms with E-state index in [-0.39, 0.29) is 31.4 Å². The van der Waals surface area contributed by atoms with Gasteiger partial charge in [-0.3, -0.25) is 0 Å². The van der Waals surface area contributed by atoms with Gasteiger partial charge < -0.3 is 19.9 Å². The molecule has 2 aromatic rings. The third kappa shape index (κ3) is 6.00. The SMILES string of the molecule is COc1cc(CNCCc2ccccc2F)ccc1OCCO.Cl. The third-order valence-electron chi connectivity index (χ3n) is 3.43. The Balaban J connectivity index is 0.00000288. The number of nitrogens with one attached hydrogen (secondary N) is 1. The molecular weight excluding hydrogens is 333 g/mol. The van der Waals surface area contributed by atoms with Crippen molar-refractivity contribution in [3.63, 3.8) is 0 Å². The van der Waals surface area contributed by atoms with E-state index in [4.69, 9.17) is 14.6 Å². The molecule has 0 aliphatic carbocycles. The largest absolute Gasteiger partial charge is 0.493 e. The van der Waals surface area contributed by atoms with Crippen LogP contribution in [0.2, 0.25) is 0 Å². The van der Waals surface area contributed by atoms with E-state index in [9.17, 15) is 4.39 Å². The monoisotopic (exact) mass is 355 g/mol. The Morgan fingerprint density at radius 3 is 2.62 bits per heavy atom. The summed E-state index contributed by atoms with van der Waals surface area (Å²) in [6.07, 6.45) is 0.640. The summed E-state index contributed by atoms with van der Waals surface area (Å²) in [6, 6.07) is 12.5. The molecule has 0 aromatic heterocycles. The van der Waals surface area contributed by atoms with Crippen molar-refractivity contribution in [2.24, 2.45) is 0 Å². The number of aliphatic hydroxyl groups is 1. The predicted octanol–water partition coefficient (Wildman–Crippen LogP) is 2.96. The fourth-order valence-corrected chi connectivity index (χ4v) is 2.25. The van der Waals surface area contributed by atoms with Crippen molar-refractivity contribution in [1.29, 1.82) is 0 Å². The first kappa shape index (κ1) is 20.2. The Hall–Kier alpha value is -1.82. The summed E-state index contributed by atoms with van der Waals surface area (Å²) in [5, 5.41) is 12.1. The van der Waals surface area contributed by atoms with E-state index in [0.29, 0.717) is 36.6 Å². The highest BCUT2D eigenvalue weighted by molar-refractivity contribution is 5.85. The number of aliphatic hydroxyl groups excluding tert-OH is 1. The molecular formula is C18H23ClFNO3. The second-order valence-corrected chi connectivity index (χ2v) is 5.08. The van der Waals surface area contributed by atoms with Gasteiger partial charge in [-0.2, -0.15) is 0 Å². The molecule has 0 aliphatic rings. The Labute approximate surface area is 148 Å². The van der Waals surface area contributed by atoms with Gasteiger partial charge in [-0.15, -0.1) is 12.4 Å². The minimum Gasteiger partial charge on any atom is -0.493 e. The lowest BCUT2D eigenvalue weighted by molar-refractivity contribution is 0.196. The number of halogens is 2. The summed E-state index contributed by atoms with van der Waals surface area (Å²) < 4.78 is 24.2. The predicted molar refractivity (Wildman–Crippen MR) is 94.6 cm³/mol. The van der Waals surface area contributed by atoms with Crippen LogP contribution in [0.15, 0.2) is 42.5 Å². The van der Waals surface area contributed by atoms with E-state index in [0.717, 1.165) is 5.56 Å². The van der Waals surface area contributed by atoms with Gasteiger partial charge in [0.2, 0.25) is 0 Å². The minimum absolute atomic E-state index is 0. The molecule has 2 N–H and O–H groups in total. The smallest absolute Gasteiger partial charge is 0.161 e. The summed E-state index contributed by atoms with van der Waals surface area (Å²) >= 11 is 0. The molecule has 0 amide bonds. The molecule has 0 bridgehead atoms. The number of ether oxygens (including phenoxy) is 2. The molecule has 2 rings (SSSR count). The van der Waals surface area contributed by atoms with Crippen molar-refractivity contribution in [3.05, 3.63) is 59.4 Å². The van der Waals surface area contributed by atoms with Gasteiger partial charge >= 0.3 is 0 Å². The van der Waals surface area contributed by atoms with Gasteiger partial charge in [0.1, 0.15) is 12.4 Å². The van der Waals surface area contributed by atoms with Crippen LogP contribution in [0.25, 0.3) is 0 Å². The molecule has 0 unspecified atom stereocenters. The fraction of sp³-hybridized carbons (Fsp3) is 0.333. The maximum Gasteiger partial charge on any atom is 0.161 e. The standard InChI is InChI=1S/C18H22FNO3.ClH/c1-22-18-12-14(6-7-17(18)23-11-10-21)13-20-9-8-15-4-2-3-5-16(15)19;/h2-7,12,20-21H,8-11,13H2,1H3;1H. The first-order valence-corrected chi connectivity index (χ1v) is 7.59. The molecule has 132 valence electrons. The molecule has 0 heterocycles. The number of benzene rings is 2. The second kappa shape index (κ2) is 10.9. The topological polar surface area (TPSA) is 50.7 Å². The lowest BCUT2D eigenvalue weighted by Gasteiger charge is -2.12. The average Bonchev–Trinajstić information content (AvgIpc) is 2.58. The van der Waals surface area contributed by atoms with Gasteiger partial charge in [0.15, 0.2) is 11.5 Å². The molecule has 0 saturated heterocycles.